The minimum Gasteiger partial charge on any atom is -0.482 e. The number of ether oxygens (including phenoxy) is 2. The number of carbonyl (C=O) groups is 1. The van der Waals surface area contributed by atoms with Crippen molar-refractivity contribution < 1.29 is 14.3 Å². The molecule has 1 aromatic heterocycles. The highest BCUT2D eigenvalue weighted by molar-refractivity contribution is 5.93. The number of nitrogens with zero attached hydrogens (tertiary/aromatic N) is 2. The summed E-state index contributed by atoms with van der Waals surface area (Å²) in [7, 11) is 1.87. The Labute approximate surface area is 128 Å². The number of fused-ring (bicyclic) bond motifs is 4. The van der Waals surface area contributed by atoms with Crippen molar-refractivity contribution in [3.8, 4) is 17.0 Å². The molecule has 1 aliphatic carbocycles. The number of rotatable bonds is 2. The fraction of sp³-hybridized carbons (Fsp3) is 0.412. The van der Waals surface area contributed by atoms with Gasteiger partial charge in [0.05, 0.1) is 17.9 Å². The Morgan fingerprint density at radius 2 is 2.18 bits per heavy atom. The molecule has 1 aromatic carbocycles. The van der Waals surface area contributed by atoms with Crippen LogP contribution in [0.2, 0.25) is 0 Å². The number of esters is 1. The summed E-state index contributed by atoms with van der Waals surface area (Å²) >= 11 is 0. The van der Waals surface area contributed by atoms with E-state index in [9.17, 15) is 4.79 Å². The first-order valence-corrected chi connectivity index (χ1v) is 7.69. The summed E-state index contributed by atoms with van der Waals surface area (Å²) in [6, 6.07) is 7.94. The molecule has 1 spiro atoms. The fourth-order valence-corrected chi connectivity index (χ4v) is 3.47. The van der Waals surface area contributed by atoms with E-state index in [-0.39, 0.29) is 5.97 Å². The molecule has 4 rings (SSSR count). The number of hydrogen-bond acceptors (Lipinski definition) is 4. The maximum Gasteiger partial charge on any atom is 0.359 e. The van der Waals surface area contributed by atoms with Crippen LogP contribution in [-0.4, -0.2) is 22.4 Å². The van der Waals surface area contributed by atoms with Gasteiger partial charge in [0.1, 0.15) is 11.4 Å². The second kappa shape index (κ2) is 4.60. The van der Waals surface area contributed by atoms with Crippen LogP contribution in [0.25, 0.3) is 11.3 Å². The van der Waals surface area contributed by atoms with Crippen molar-refractivity contribution in [3.63, 3.8) is 0 Å². The van der Waals surface area contributed by atoms with Crippen molar-refractivity contribution >= 4 is 5.97 Å². The van der Waals surface area contributed by atoms with Gasteiger partial charge in [-0.2, -0.15) is 5.10 Å². The van der Waals surface area contributed by atoms with E-state index in [1.165, 1.54) is 0 Å². The highest BCUT2D eigenvalue weighted by Gasteiger charge is 2.50. The van der Waals surface area contributed by atoms with E-state index in [4.69, 9.17) is 9.47 Å². The molecule has 2 aromatic rings. The first-order valence-electron chi connectivity index (χ1n) is 7.69. The summed E-state index contributed by atoms with van der Waals surface area (Å²) in [6.07, 6.45) is 2.91. The van der Waals surface area contributed by atoms with Crippen molar-refractivity contribution in [2.45, 2.75) is 31.8 Å². The molecule has 0 atom stereocenters. The first-order chi connectivity index (χ1) is 10.7. The van der Waals surface area contributed by atoms with E-state index < -0.39 is 5.60 Å². The molecule has 0 N–H and O–H groups in total. The molecule has 0 amide bonds. The molecule has 2 aliphatic rings. The van der Waals surface area contributed by atoms with Crippen LogP contribution in [0.5, 0.6) is 5.75 Å². The number of para-hydroxylation sites is 1. The number of benzene rings is 1. The smallest absolute Gasteiger partial charge is 0.359 e. The Morgan fingerprint density at radius 1 is 1.41 bits per heavy atom. The van der Waals surface area contributed by atoms with Gasteiger partial charge in [-0.05, 0) is 38.3 Å². The average molecular weight is 298 g/mol. The minimum absolute atomic E-state index is 0.342. The largest absolute Gasteiger partial charge is 0.482 e. The summed E-state index contributed by atoms with van der Waals surface area (Å²) in [5, 5.41) is 4.45. The van der Waals surface area contributed by atoms with E-state index in [0.29, 0.717) is 12.3 Å². The molecule has 0 radical (unpaired) electrons. The molecule has 5 nitrogen and oxygen atoms in total. The minimum atomic E-state index is -0.417. The first kappa shape index (κ1) is 13.4. The van der Waals surface area contributed by atoms with E-state index >= 15 is 0 Å². The number of aryl methyl sites for hydroxylation is 1. The van der Waals surface area contributed by atoms with Gasteiger partial charge in [0.15, 0.2) is 5.69 Å². The third kappa shape index (κ3) is 1.65. The van der Waals surface area contributed by atoms with Crippen LogP contribution in [-0.2, 0) is 17.4 Å². The van der Waals surface area contributed by atoms with Crippen LogP contribution in [0.15, 0.2) is 24.3 Å². The molecular formula is C17H18N2O3. The van der Waals surface area contributed by atoms with Crippen LogP contribution in [0.3, 0.4) is 0 Å². The molecule has 114 valence electrons. The van der Waals surface area contributed by atoms with Gasteiger partial charge < -0.3 is 9.47 Å². The molecule has 1 aliphatic heterocycles. The van der Waals surface area contributed by atoms with Crippen molar-refractivity contribution in [1.29, 1.82) is 0 Å². The lowest BCUT2D eigenvalue weighted by molar-refractivity contribution is -0.0159. The van der Waals surface area contributed by atoms with Crippen LogP contribution in [0, 0.1) is 0 Å². The summed E-state index contributed by atoms with van der Waals surface area (Å²) in [5.74, 6) is 0.502. The number of aromatic nitrogens is 2. The van der Waals surface area contributed by atoms with Crippen molar-refractivity contribution in [3.05, 3.63) is 35.5 Å². The molecule has 0 saturated heterocycles. The molecule has 0 unspecified atom stereocenters. The fourth-order valence-electron chi connectivity index (χ4n) is 3.47. The Kier molecular flexibility index (Phi) is 2.79. The molecular weight excluding hydrogens is 280 g/mol. The Hall–Kier alpha value is -2.30. The van der Waals surface area contributed by atoms with Crippen LogP contribution in [0.1, 0.15) is 42.2 Å². The van der Waals surface area contributed by atoms with E-state index in [0.717, 1.165) is 41.8 Å². The molecule has 5 heteroatoms. The van der Waals surface area contributed by atoms with Crippen molar-refractivity contribution in [1.82, 2.24) is 9.78 Å². The Balaban J connectivity index is 1.97. The molecule has 1 fully saturated rings. The van der Waals surface area contributed by atoms with Gasteiger partial charge in [-0.3, -0.25) is 4.68 Å². The Bertz CT molecular complexity index is 759. The van der Waals surface area contributed by atoms with Gasteiger partial charge in [-0.15, -0.1) is 0 Å². The molecule has 0 bridgehead atoms. The monoisotopic (exact) mass is 298 g/mol. The quantitative estimate of drug-likeness (QED) is 0.800. The van der Waals surface area contributed by atoms with Gasteiger partial charge in [0, 0.05) is 12.6 Å². The third-order valence-corrected chi connectivity index (χ3v) is 4.58. The van der Waals surface area contributed by atoms with Crippen LogP contribution < -0.4 is 4.74 Å². The van der Waals surface area contributed by atoms with E-state index in [1.54, 1.807) is 11.6 Å². The summed E-state index contributed by atoms with van der Waals surface area (Å²) < 4.78 is 13.3. The maximum atomic E-state index is 12.3. The highest BCUT2D eigenvalue weighted by atomic mass is 16.5. The summed E-state index contributed by atoms with van der Waals surface area (Å²) in [5.41, 5.74) is 2.84. The second-order valence-corrected chi connectivity index (χ2v) is 5.86. The molecule has 1 saturated carbocycles. The van der Waals surface area contributed by atoms with Gasteiger partial charge in [-0.1, -0.05) is 12.1 Å². The number of hydrogen-bond donors (Lipinski definition) is 0. The lowest BCUT2D eigenvalue weighted by atomic mass is 9.71. The van der Waals surface area contributed by atoms with E-state index in [1.807, 2.05) is 31.3 Å². The lowest BCUT2D eigenvalue weighted by Gasteiger charge is -2.45. The zero-order chi connectivity index (χ0) is 15.3. The second-order valence-electron chi connectivity index (χ2n) is 5.86. The van der Waals surface area contributed by atoms with Gasteiger partial charge in [0.2, 0.25) is 0 Å². The predicted molar refractivity (Wildman–Crippen MR) is 80.8 cm³/mol. The highest BCUT2D eigenvalue weighted by Crippen LogP contribution is 2.54. The SMILES string of the molecule is CCOC(=O)c1nn(C)c2c1C1(CCC1)Oc1ccccc1-2. The lowest BCUT2D eigenvalue weighted by Crippen LogP contribution is -2.43. The predicted octanol–water partition coefficient (Wildman–Crippen LogP) is 3.04. The standard InChI is InChI=1S/C17H18N2O3/c1-3-21-16(20)14-13-15(19(2)18-14)11-7-4-5-8-12(11)22-17(13)9-6-10-17/h4-5,7-8H,3,6,9-10H2,1-2H3. The van der Waals surface area contributed by atoms with Gasteiger partial charge in [-0.25, -0.2) is 4.79 Å². The van der Waals surface area contributed by atoms with Crippen molar-refractivity contribution in [2.24, 2.45) is 7.05 Å². The van der Waals surface area contributed by atoms with Gasteiger partial charge in [0.25, 0.3) is 0 Å². The zero-order valence-corrected chi connectivity index (χ0v) is 12.8. The topological polar surface area (TPSA) is 53.3 Å². The Morgan fingerprint density at radius 3 is 2.86 bits per heavy atom. The van der Waals surface area contributed by atoms with Crippen LogP contribution >= 0.6 is 0 Å². The van der Waals surface area contributed by atoms with Crippen LogP contribution in [0.4, 0.5) is 0 Å². The van der Waals surface area contributed by atoms with E-state index in [2.05, 4.69) is 5.10 Å². The third-order valence-electron chi connectivity index (χ3n) is 4.58. The maximum absolute atomic E-state index is 12.3. The van der Waals surface area contributed by atoms with Gasteiger partial charge >= 0.3 is 5.97 Å². The summed E-state index contributed by atoms with van der Waals surface area (Å²) in [4.78, 5) is 12.3. The molecule has 22 heavy (non-hydrogen) atoms. The summed E-state index contributed by atoms with van der Waals surface area (Å²) in [6.45, 7) is 2.15. The number of carbonyl (C=O) groups excluding carboxylic acids is 1. The molecule has 2 heterocycles. The zero-order valence-electron chi connectivity index (χ0n) is 12.8. The normalized spacial score (nSPS) is 17.2. The average Bonchev–Trinajstić information content (AvgIpc) is 2.83. The van der Waals surface area contributed by atoms with Crippen molar-refractivity contribution in [2.75, 3.05) is 6.61 Å².